The van der Waals surface area contributed by atoms with Gasteiger partial charge in [-0.1, -0.05) is 48.9 Å². The van der Waals surface area contributed by atoms with Crippen LogP contribution < -0.4 is 4.72 Å². The highest BCUT2D eigenvalue weighted by Gasteiger charge is 2.23. The molecule has 0 saturated carbocycles. The Bertz CT molecular complexity index is 665. The Morgan fingerprint density at radius 3 is 2.46 bits per heavy atom. The van der Waals surface area contributed by atoms with Gasteiger partial charge in [0.1, 0.15) is 5.83 Å². The van der Waals surface area contributed by atoms with Crippen LogP contribution in [0.4, 0.5) is 4.39 Å². The Morgan fingerprint density at radius 2 is 1.89 bits per heavy atom. The first-order valence-corrected chi connectivity index (χ1v) is 10.4. The highest BCUT2D eigenvalue weighted by atomic mass is 32.2. The van der Waals surface area contributed by atoms with E-state index in [0.29, 0.717) is 24.5 Å². The first-order valence-electron chi connectivity index (χ1n) is 9.58. The molecule has 0 saturated heterocycles. The Hall–Kier alpha value is -1.56. The van der Waals surface area contributed by atoms with Gasteiger partial charge in [-0.25, -0.2) is 4.39 Å². The van der Waals surface area contributed by atoms with Crippen LogP contribution in [0.15, 0.2) is 66.2 Å². The van der Waals surface area contributed by atoms with Gasteiger partial charge in [-0.3, -0.25) is 4.72 Å². The highest BCUT2D eigenvalue weighted by molar-refractivity contribution is 7.98. The number of rotatable bonds is 11. The van der Waals surface area contributed by atoms with Gasteiger partial charge in [0.25, 0.3) is 0 Å². The van der Waals surface area contributed by atoms with Crippen molar-refractivity contribution >= 4 is 11.9 Å². The Labute approximate surface area is 174 Å². The summed E-state index contributed by atoms with van der Waals surface area (Å²) in [5, 5.41) is 0. The summed E-state index contributed by atoms with van der Waals surface area (Å²) >= 11 is 1.59. The number of ether oxygens (including phenoxy) is 2. The predicted octanol–water partition coefficient (Wildman–Crippen LogP) is 6.35. The molecule has 0 aliphatic carbocycles. The molecule has 0 spiro atoms. The molecule has 1 rings (SSSR count). The number of halogens is 1. The first-order chi connectivity index (χ1) is 13.1. The summed E-state index contributed by atoms with van der Waals surface area (Å²) in [7, 11) is 0. The van der Waals surface area contributed by atoms with Crippen molar-refractivity contribution < 1.29 is 13.9 Å². The van der Waals surface area contributed by atoms with E-state index in [4.69, 9.17) is 9.47 Å². The molecule has 1 N–H and O–H groups in total. The zero-order chi connectivity index (χ0) is 21.2. The van der Waals surface area contributed by atoms with Gasteiger partial charge in [0.15, 0.2) is 0 Å². The van der Waals surface area contributed by atoms with Crippen LogP contribution in [0.1, 0.15) is 47.1 Å². The minimum absolute atomic E-state index is 0.00535. The van der Waals surface area contributed by atoms with Gasteiger partial charge < -0.3 is 9.47 Å². The van der Waals surface area contributed by atoms with E-state index in [9.17, 15) is 4.39 Å². The third kappa shape index (κ3) is 10.1. The lowest BCUT2D eigenvalue weighted by atomic mass is 10.0. The zero-order valence-electron chi connectivity index (χ0n) is 17.9. The molecule has 0 bridgehead atoms. The van der Waals surface area contributed by atoms with Gasteiger partial charge in [0.2, 0.25) is 0 Å². The SMILES string of the molecule is C=C(/C=C(F)\C=C(/C)OCC)[C@H](NSC(C)(C)C)[C@H](C)OCc1ccccc1. The summed E-state index contributed by atoms with van der Waals surface area (Å²) in [4.78, 5) is 0. The quantitative estimate of drug-likeness (QED) is 0.263. The van der Waals surface area contributed by atoms with Crippen molar-refractivity contribution in [1.29, 1.82) is 0 Å². The molecule has 0 unspecified atom stereocenters. The molecule has 2 atom stereocenters. The summed E-state index contributed by atoms with van der Waals surface area (Å²) < 4.78 is 29.1. The lowest BCUT2D eigenvalue weighted by molar-refractivity contribution is 0.0411. The fraction of sp³-hybridized carbons (Fsp3) is 0.478. The fourth-order valence-corrected chi connectivity index (χ4v) is 3.21. The molecule has 0 amide bonds. The van der Waals surface area contributed by atoms with E-state index in [2.05, 4.69) is 32.1 Å². The van der Waals surface area contributed by atoms with E-state index in [1.165, 1.54) is 12.2 Å². The summed E-state index contributed by atoms with van der Waals surface area (Å²) in [6.45, 7) is 17.0. The number of hydrogen-bond donors (Lipinski definition) is 1. The van der Waals surface area contributed by atoms with Crippen LogP contribution in [-0.2, 0) is 16.1 Å². The normalized spacial score (nSPS) is 15.2. The van der Waals surface area contributed by atoms with Crippen LogP contribution in [0.2, 0.25) is 0 Å². The number of allylic oxidation sites excluding steroid dienone is 3. The average Bonchev–Trinajstić information content (AvgIpc) is 2.60. The molecule has 28 heavy (non-hydrogen) atoms. The van der Waals surface area contributed by atoms with E-state index in [1.807, 2.05) is 44.2 Å². The van der Waals surface area contributed by atoms with Crippen molar-refractivity contribution in [3.63, 3.8) is 0 Å². The molecule has 5 heteroatoms. The first kappa shape index (κ1) is 24.5. The minimum Gasteiger partial charge on any atom is -0.498 e. The van der Waals surface area contributed by atoms with E-state index in [1.54, 1.807) is 18.9 Å². The van der Waals surface area contributed by atoms with Crippen LogP contribution in [-0.4, -0.2) is 23.5 Å². The predicted molar refractivity (Wildman–Crippen MR) is 119 cm³/mol. The molecule has 0 aliphatic rings. The van der Waals surface area contributed by atoms with E-state index < -0.39 is 5.83 Å². The molecule has 0 radical (unpaired) electrons. The number of benzene rings is 1. The summed E-state index contributed by atoms with van der Waals surface area (Å²) in [6.07, 6.45) is 2.62. The van der Waals surface area contributed by atoms with Crippen molar-refractivity contribution in [2.75, 3.05) is 6.61 Å². The molecular weight excluding hydrogens is 373 g/mol. The van der Waals surface area contributed by atoms with Crippen molar-refractivity contribution in [2.45, 2.75) is 65.0 Å². The largest absolute Gasteiger partial charge is 0.498 e. The topological polar surface area (TPSA) is 30.5 Å². The van der Waals surface area contributed by atoms with Gasteiger partial charge in [0, 0.05) is 10.8 Å². The third-order valence-electron chi connectivity index (χ3n) is 3.75. The van der Waals surface area contributed by atoms with Gasteiger partial charge in [-0.15, -0.1) is 0 Å². The molecule has 156 valence electrons. The molecular formula is C23H34FNO2S. The molecule has 0 aliphatic heterocycles. The zero-order valence-corrected chi connectivity index (χ0v) is 18.7. The summed E-state index contributed by atoms with van der Waals surface area (Å²) in [5.41, 5.74) is 1.72. The van der Waals surface area contributed by atoms with Crippen molar-refractivity contribution in [2.24, 2.45) is 0 Å². The van der Waals surface area contributed by atoms with Crippen molar-refractivity contribution in [3.05, 3.63) is 71.8 Å². The smallest absolute Gasteiger partial charge is 0.126 e. The minimum atomic E-state index is -0.390. The van der Waals surface area contributed by atoms with Crippen LogP contribution in [0, 0.1) is 0 Å². The molecule has 3 nitrogen and oxygen atoms in total. The second-order valence-electron chi connectivity index (χ2n) is 7.60. The third-order valence-corrected chi connectivity index (χ3v) is 4.74. The van der Waals surface area contributed by atoms with Gasteiger partial charge in [0.05, 0.1) is 31.1 Å². The van der Waals surface area contributed by atoms with Gasteiger partial charge >= 0.3 is 0 Å². The van der Waals surface area contributed by atoms with Crippen molar-refractivity contribution in [3.8, 4) is 0 Å². The molecule has 1 aromatic carbocycles. The Kier molecular flexibility index (Phi) is 10.6. The molecule has 0 heterocycles. The van der Waals surface area contributed by atoms with Gasteiger partial charge in [-0.05, 0) is 58.8 Å². The van der Waals surface area contributed by atoms with Gasteiger partial charge in [-0.2, -0.15) is 0 Å². The number of nitrogens with one attached hydrogen (secondary N) is 1. The number of hydrogen-bond acceptors (Lipinski definition) is 4. The lowest BCUT2D eigenvalue weighted by Crippen LogP contribution is -2.39. The summed E-state index contributed by atoms with van der Waals surface area (Å²) in [6, 6.07) is 9.75. The fourth-order valence-electron chi connectivity index (χ4n) is 2.38. The average molecular weight is 408 g/mol. The van der Waals surface area contributed by atoms with Crippen LogP contribution in [0.25, 0.3) is 0 Å². The molecule has 0 aromatic heterocycles. The maximum absolute atomic E-state index is 14.3. The molecule has 1 aromatic rings. The Morgan fingerprint density at radius 1 is 1.25 bits per heavy atom. The maximum atomic E-state index is 14.3. The molecule has 0 fully saturated rings. The summed E-state index contributed by atoms with van der Waals surface area (Å²) in [5.74, 6) is 0.143. The highest BCUT2D eigenvalue weighted by Crippen LogP contribution is 2.24. The van der Waals surface area contributed by atoms with Crippen LogP contribution in [0.3, 0.4) is 0 Å². The second kappa shape index (κ2) is 12.1. The van der Waals surface area contributed by atoms with E-state index >= 15 is 0 Å². The van der Waals surface area contributed by atoms with Crippen LogP contribution >= 0.6 is 11.9 Å². The maximum Gasteiger partial charge on any atom is 0.126 e. The second-order valence-corrected chi connectivity index (χ2v) is 9.27. The monoisotopic (exact) mass is 407 g/mol. The lowest BCUT2D eigenvalue weighted by Gasteiger charge is -2.29. The standard InChI is InChI=1S/C23H34FNO2S/c1-8-26-18(3)15-21(24)14-17(2)22(25-28-23(5,6)7)19(4)27-16-20-12-10-9-11-13-20/h9-15,19,22,25H,2,8,16H2,1,3-7H3/b18-15+,21-14+/t19-,22-/m0/s1. The Balaban J connectivity index is 2.87. The van der Waals surface area contributed by atoms with Crippen molar-refractivity contribution in [1.82, 2.24) is 4.72 Å². The van der Waals surface area contributed by atoms with Crippen LogP contribution in [0.5, 0.6) is 0 Å². The van der Waals surface area contributed by atoms with E-state index in [0.717, 1.165) is 5.56 Å². The van der Waals surface area contributed by atoms with E-state index in [-0.39, 0.29) is 16.9 Å².